The maximum Gasteiger partial charge on any atom is 0.216 e. The van der Waals surface area contributed by atoms with Gasteiger partial charge in [0.05, 0.1) is 0 Å². The van der Waals surface area contributed by atoms with E-state index in [1.54, 1.807) is 6.07 Å². The van der Waals surface area contributed by atoms with Crippen molar-refractivity contribution < 1.29 is 4.79 Å². The van der Waals surface area contributed by atoms with Crippen molar-refractivity contribution in [3.63, 3.8) is 0 Å². The first-order valence-electron chi connectivity index (χ1n) is 3.14. The van der Waals surface area contributed by atoms with Gasteiger partial charge in [-0.1, -0.05) is 24.8 Å². The van der Waals surface area contributed by atoms with Gasteiger partial charge in [0.25, 0.3) is 0 Å². The van der Waals surface area contributed by atoms with Crippen molar-refractivity contribution in [3.8, 4) is 0 Å². The monoisotopic (exact) mass is 163 g/mol. The fourth-order valence-electron chi connectivity index (χ4n) is 0.590. The molecule has 0 aliphatic rings. The van der Waals surface area contributed by atoms with Gasteiger partial charge in [0.15, 0.2) is 0 Å². The maximum absolute atomic E-state index is 10.8. The molecule has 0 aromatic heterocycles. The number of carbonyl (C=O) groups is 1. The van der Waals surface area contributed by atoms with E-state index in [2.05, 4.69) is 12.6 Å². The minimum absolute atomic E-state index is 0.0487. The molecular weight excluding hydrogens is 156 g/mol. The molecule has 11 heavy (non-hydrogen) atoms. The molecule has 1 radical (unpaired) electrons. The lowest BCUT2D eigenvalue weighted by atomic mass is 10.4. The summed E-state index contributed by atoms with van der Waals surface area (Å²) >= 11 is 1.13. The molecule has 0 heterocycles. The Kier molecular flexibility index (Phi) is 2.93. The molecular formula is C9H7OS. The van der Waals surface area contributed by atoms with Crippen molar-refractivity contribution in [1.29, 1.82) is 0 Å². The quantitative estimate of drug-likeness (QED) is 0.491. The fourth-order valence-corrected chi connectivity index (χ4v) is 1.16. The normalized spacial score (nSPS) is 9.09. The van der Waals surface area contributed by atoms with E-state index >= 15 is 0 Å². The number of hydrogen-bond donors (Lipinski definition) is 0. The van der Waals surface area contributed by atoms with Crippen molar-refractivity contribution in [3.05, 3.63) is 43.0 Å². The minimum atomic E-state index is -0.0487. The molecule has 1 nitrogen and oxygen atoms in total. The maximum atomic E-state index is 10.8. The Morgan fingerprint density at radius 2 is 2.45 bits per heavy atom. The van der Waals surface area contributed by atoms with Gasteiger partial charge >= 0.3 is 0 Å². The van der Waals surface area contributed by atoms with E-state index in [0.29, 0.717) is 0 Å². The third-order valence-corrected chi connectivity index (χ3v) is 1.90. The molecule has 0 aliphatic heterocycles. The summed E-state index contributed by atoms with van der Waals surface area (Å²) in [5.41, 5.74) is 0. The van der Waals surface area contributed by atoms with Crippen LogP contribution in [-0.2, 0) is 4.79 Å². The van der Waals surface area contributed by atoms with E-state index in [-0.39, 0.29) is 5.12 Å². The predicted molar refractivity (Wildman–Crippen MR) is 46.3 cm³/mol. The molecule has 0 saturated heterocycles. The predicted octanol–water partition coefficient (Wildman–Crippen LogP) is 2.29. The molecule has 1 aromatic carbocycles. The molecule has 0 saturated carbocycles. The summed E-state index contributed by atoms with van der Waals surface area (Å²) < 4.78 is 0. The minimum Gasteiger partial charge on any atom is -0.282 e. The zero-order valence-corrected chi connectivity index (χ0v) is 6.73. The molecule has 55 valence electrons. The molecule has 0 spiro atoms. The van der Waals surface area contributed by atoms with Crippen molar-refractivity contribution in [2.75, 3.05) is 0 Å². The summed E-state index contributed by atoms with van der Waals surface area (Å²) in [4.78, 5) is 11.6. The molecule has 1 aromatic rings. The van der Waals surface area contributed by atoms with Gasteiger partial charge in [-0.25, -0.2) is 0 Å². The lowest BCUT2D eigenvalue weighted by Crippen LogP contribution is -1.81. The largest absolute Gasteiger partial charge is 0.282 e. The molecule has 0 unspecified atom stereocenters. The molecule has 0 N–H and O–H groups in total. The van der Waals surface area contributed by atoms with E-state index in [1.807, 2.05) is 18.2 Å². The Hall–Kier alpha value is -1.02. The second-order valence-electron chi connectivity index (χ2n) is 1.85. The lowest BCUT2D eigenvalue weighted by Gasteiger charge is -1.92. The second kappa shape index (κ2) is 3.98. The van der Waals surface area contributed by atoms with Crippen molar-refractivity contribution in [1.82, 2.24) is 0 Å². The Balaban J connectivity index is 2.65. The van der Waals surface area contributed by atoms with Crippen LogP contribution in [0, 0.1) is 6.07 Å². The first kappa shape index (κ1) is 8.08. The van der Waals surface area contributed by atoms with Gasteiger partial charge in [0, 0.05) is 4.90 Å². The van der Waals surface area contributed by atoms with Gasteiger partial charge in [-0.3, -0.25) is 4.79 Å². The van der Waals surface area contributed by atoms with Crippen LogP contribution in [-0.4, -0.2) is 5.12 Å². The van der Waals surface area contributed by atoms with E-state index in [9.17, 15) is 4.79 Å². The third-order valence-electron chi connectivity index (χ3n) is 1.06. The van der Waals surface area contributed by atoms with Crippen LogP contribution < -0.4 is 0 Å². The topological polar surface area (TPSA) is 17.1 Å². The van der Waals surface area contributed by atoms with E-state index in [1.165, 1.54) is 6.08 Å². The Morgan fingerprint density at radius 3 is 3.00 bits per heavy atom. The molecule has 0 atom stereocenters. The van der Waals surface area contributed by atoms with Crippen molar-refractivity contribution >= 4 is 16.9 Å². The van der Waals surface area contributed by atoms with Crippen LogP contribution in [0.2, 0.25) is 0 Å². The number of benzene rings is 1. The SMILES string of the molecule is C=CC(=O)Sc1[c]cccc1. The van der Waals surface area contributed by atoms with Crippen LogP contribution in [0.4, 0.5) is 0 Å². The van der Waals surface area contributed by atoms with Crippen LogP contribution in [0.25, 0.3) is 0 Å². The van der Waals surface area contributed by atoms with Crippen LogP contribution in [0.5, 0.6) is 0 Å². The highest BCUT2D eigenvalue weighted by atomic mass is 32.2. The highest BCUT2D eigenvalue weighted by molar-refractivity contribution is 8.14. The standard InChI is InChI=1S/C9H7OS/c1-2-9(10)11-8-6-4-3-5-7-8/h2-6H,1H2. The molecule has 0 fully saturated rings. The van der Waals surface area contributed by atoms with Crippen molar-refractivity contribution in [2.24, 2.45) is 0 Å². The van der Waals surface area contributed by atoms with Crippen molar-refractivity contribution in [2.45, 2.75) is 4.90 Å². The molecule has 2 heteroatoms. The average molecular weight is 163 g/mol. The summed E-state index contributed by atoms with van der Waals surface area (Å²) in [6.07, 6.45) is 1.30. The average Bonchev–Trinajstić information content (AvgIpc) is 2.06. The van der Waals surface area contributed by atoms with Gasteiger partial charge in [0.2, 0.25) is 5.12 Å². The van der Waals surface area contributed by atoms with E-state index < -0.39 is 0 Å². The molecule has 0 amide bonds. The summed E-state index contributed by atoms with van der Waals surface area (Å²) in [7, 11) is 0. The van der Waals surface area contributed by atoms with E-state index in [4.69, 9.17) is 0 Å². The van der Waals surface area contributed by atoms with Gasteiger partial charge in [-0.2, -0.15) is 0 Å². The summed E-state index contributed by atoms with van der Waals surface area (Å²) in [6, 6.07) is 10.3. The van der Waals surface area contributed by atoms with Gasteiger partial charge in [-0.15, -0.1) is 0 Å². The van der Waals surface area contributed by atoms with Gasteiger partial charge in [-0.05, 0) is 30.0 Å². The molecule has 1 rings (SSSR count). The summed E-state index contributed by atoms with van der Waals surface area (Å²) in [6.45, 7) is 3.37. The van der Waals surface area contributed by atoms with Crippen LogP contribution in [0.3, 0.4) is 0 Å². The first-order chi connectivity index (χ1) is 5.33. The zero-order chi connectivity index (χ0) is 8.10. The van der Waals surface area contributed by atoms with Crippen LogP contribution >= 0.6 is 11.8 Å². The summed E-state index contributed by atoms with van der Waals surface area (Å²) in [5, 5.41) is -0.0487. The Bertz CT molecular complexity index is 254. The van der Waals surface area contributed by atoms with Crippen LogP contribution in [0.1, 0.15) is 0 Å². The highest BCUT2D eigenvalue weighted by Gasteiger charge is 1.97. The number of hydrogen-bond acceptors (Lipinski definition) is 2. The number of rotatable bonds is 2. The number of carbonyl (C=O) groups excluding carboxylic acids is 1. The second-order valence-corrected chi connectivity index (χ2v) is 2.90. The molecule has 0 aliphatic carbocycles. The zero-order valence-electron chi connectivity index (χ0n) is 5.91. The molecule has 0 bridgehead atoms. The van der Waals surface area contributed by atoms with Crippen LogP contribution in [0.15, 0.2) is 41.8 Å². The van der Waals surface area contributed by atoms with E-state index in [0.717, 1.165) is 16.7 Å². The Labute approximate surface area is 70.1 Å². The third kappa shape index (κ3) is 2.60. The fraction of sp³-hybridized carbons (Fsp3) is 0. The first-order valence-corrected chi connectivity index (χ1v) is 3.95. The lowest BCUT2D eigenvalue weighted by molar-refractivity contribution is -0.107. The van der Waals surface area contributed by atoms with Gasteiger partial charge < -0.3 is 0 Å². The summed E-state index contributed by atoms with van der Waals surface area (Å²) in [5.74, 6) is 0. The highest BCUT2D eigenvalue weighted by Crippen LogP contribution is 2.16. The number of thioether (sulfide) groups is 1. The smallest absolute Gasteiger partial charge is 0.216 e. The Morgan fingerprint density at radius 1 is 1.64 bits per heavy atom. The van der Waals surface area contributed by atoms with Gasteiger partial charge in [0.1, 0.15) is 0 Å².